The van der Waals surface area contributed by atoms with Crippen LogP contribution in [0.5, 0.6) is 0 Å². The first kappa shape index (κ1) is 16.5. The van der Waals surface area contributed by atoms with Crippen molar-refractivity contribution >= 4 is 41.1 Å². The van der Waals surface area contributed by atoms with Gasteiger partial charge >= 0.3 is 0 Å². The molecule has 0 fully saturated rings. The second-order valence-electron chi connectivity index (χ2n) is 5.21. The third-order valence-corrected chi connectivity index (χ3v) is 4.07. The van der Waals surface area contributed by atoms with Gasteiger partial charge in [-0.05, 0) is 56.4 Å². The third-order valence-electron chi connectivity index (χ3n) is 3.69. The highest BCUT2D eigenvalue weighted by Gasteiger charge is 2.28. The molecule has 22 heavy (non-hydrogen) atoms. The summed E-state index contributed by atoms with van der Waals surface area (Å²) >= 11 is 5.78. The molecule has 2 aromatic rings. The van der Waals surface area contributed by atoms with E-state index in [9.17, 15) is 0 Å². The summed E-state index contributed by atoms with van der Waals surface area (Å²) in [5.74, 6) is 0. The number of benzene rings is 2. The van der Waals surface area contributed by atoms with Gasteiger partial charge in [-0.3, -0.25) is 4.90 Å². The Bertz CT molecular complexity index is 670. The minimum Gasteiger partial charge on any atom is -0.312 e. The molecule has 0 amide bonds. The summed E-state index contributed by atoms with van der Waals surface area (Å²) in [5.41, 5.74) is 3.40. The number of thiocarbonyl (C=S) groups is 1. The van der Waals surface area contributed by atoms with Gasteiger partial charge in [0.05, 0.1) is 6.04 Å². The fourth-order valence-electron chi connectivity index (χ4n) is 2.76. The van der Waals surface area contributed by atoms with Crippen LogP contribution in [0.2, 0.25) is 0 Å². The molecule has 4 heteroatoms. The van der Waals surface area contributed by atoms with Gasteiger partial charge in [-0.2, -0.15) is 0 Å². The van der Waals surface area contributed by atoms with Gasteiger partial charge in [0.15, 0.2) is 5.11 Å². The average molecular weight is 331 g/mol. The fourth-order valence-corrected chi connectivity index (χ4v) is 3.28. The predicted octanol–water partition coefficient (Wildman–Crippen LogP) is 5.01. The molecular weight excluding hydrogens is 312 g/mol. The van der Waals surface area contributed by atoms with Crippen molar-refractivity contribution in [3.63, 3.8) is 0 Å². The van der Waals surface area contributed by atoms with E-state index in [1.807, 2.05) is 36.4 Å². The van der Waals surface area contributed by atoms with Crippen molar-refractivity contribution in [3.8, 4) is 0 Å². The zero-order valence-corrected chi connectivity index (χ0v) is 14.3. The Morgan fingerprint density at radius 2 is 1.36 bits per heavy atom. The van der Waals surface area contributed by atoms with Crippen molar-refractivity contribution < 1.29 is 0 Å². The van der Waals surface area contributed by atoms with Crippen LogP contribution < -0.4 is 9.80 Å². The second kappa shape index (κ2) is 6.95. The van der Waals surface area contributed by atoms with E-state index in [1.165, 1.54) is 5.70 Å². The van der Waals surface area contributed by atoms with E-state index in [2.05, 4.69) is 54.0 Å². The molecule has 1 atom stereocenters. The lowest BCUT2D eigenvalue weighted by atomic mass is 10.1. The molecule has 0 saturated carbocycles. The maximum absolute atomic E-state index is 5.78. The Hall–Kier alpha value is -1.84. The Kier molecular flexibility index (Phi) is 5.22. The average Bonchev–Trinajstić information content (AvgIpc) is 2.49. The van der Waals surface area contributed by atoms with Crippen LogP contribution in [0.4, 0.5) is 11.4 Å². The SMILES string of the molecule is CC1=CC(C)N(c2ccccc2)C(=S)N1c1ccccc1.Cl. The van der Waals surface area contributed by atoms with E-state index in [0.717, 1.165) is 16.5 Å². The maximum Gasteiger partial charge on any atom is 0.185 e. The predicted molar refractivity (Wildman–Crippen MR) is 101 cm³/mol. The van der Waals surface area contributed by atoms with E-state index >= 15 is 0 Å². The molecule has 0 radical (unpaired) electrons. The molecule has 1 aliphatic heterocycles. The summed E-state index contributed by atoms with van der Waals surface area (Å²) in [4.78, 5) is 4.32. The van der Waals surface area contributed by atoms with Crippen molar-refractivity contribution in [2.24, 2.45) is 0 Å². The molecule has 2 aromatic carbocycles. The van der Waals surface area contributed by atoms with E-state index in [0.29, 0.717) is 0 Å². The van der Waals surface area contributed by atoms with Crippen LogP contribution in [0.25, 0.3) is 0 Å². The van der Waals surface area contributed by atoms with Crippen LogP contribution in [0.3, 0.4) is 0 Å². The Labute approximate surface area is 143 Å². The minimum atomic E-state index is 0. The first-order valence-electron chi connectivity index (χ1n) is 7.10. The number of para-hydroxylation sites is 2. The van der Waals surface area contributed by atoms with Crippen LogP contribution in [-0.4, -0.2) is 11.2 Å². The van der Waals surface area contributed by atoms with Crippen molar-refractivity contribution in [2.75, 3.05) is 9.80 Å². The number of rotatable bonds is 2. The first-order chi connectivity index (χ1) is 10.2. The van der Waals surface area contributed by atoms with Crippen molar-refractivity contribution in [1.82, 2.24) is 0 Å². The summed E-state index contributed by atoms with van der Waals surface area (Å²) in [6.45, 7) is 4.28. The van der Waals surface area contributed by atoms with Crippen LogP contribution in [0.15, 0.2) is 72.4 Å². The molecule has 0 bridgehead atoms. The standard InChI is InChI=1S/C18H18N2S.ClH/c1-14-13-15(2)20(17-11-7-4-8-12-17)18(21)19(14)16-9-5-3-6-10-16;/h3-14H,1-2H3;1H. The number of hydrogen-bond donors (Lipinski definition) is 0. The molecule has 2 nitrogen and oxygen atoms in total. The topological polar surface area (TPSA) is 6.48 Å². The molecule has 1 heterocycles. The van der Waals surface area contributed by atoms with Crippen molar-refractivity contribution in [3.05, 3.63) is 72.4 Å². The lowest BCUT2D eigenvalue weighted by molar-refractivity contribution is 0.843. The van der Waals surface area contributed by atoms with Crippen LogP contribution >= 0.6 is 24.6 Å². The first-order valence-corrected chi connectivity index (χ1v) is 7.51. The Balaban J connectivity index is 0.00000176. The quantitative estimate of drug-likeness (QED) is 0.714. The summed E-state index contributed by atoms with van der Waals surface area (Å²) in [6, 6.07) is 20.8. The lowest BCUT2D eigenvalue weighted by Crippen LogP contribution is -2.50. The highest BCUT2D eigenvalue weighted by atomic mass is 35.5. The number of allylic oxidation sites excluding steroid dienone is 1. The van der Waals surface area contributed by atoms with E-state index in [1.54, 1.807) is 0 Å². The fraction of sp³-hybridized carbons (Fsp3) is 0.167. The summed E-state index contributed by atoms with van der Waals surface area (Å²) in [6.07, 6.45) is 2.25. The zero-order valence-electron chi connectivity index (χ0n) is 12.6. The van der Waals surface area contributed by atoms with Crippen LogP contribution in [-0.2, 0) is 0 Å². The second-order valence-corrected chi connectivity index (χ2v) is 5.57. The van der Waals surface area contributed by atoms with Gasteiger partial charge < -0.3 is 4.90 Å². The third kappa shape index (κ3) is 3.01. The van der Waals surface area contributed by atoms with Crippen molar-refractivity contribution in [1.29, 1.82) is 0 Å². The van der Waals surface area contributed by atoms with E-state index < -0.39 is 0 Å². The van der Waals surface area contributed by atoms with E-state index in [4.69, 9.17) is 12.2 Å². The van der Waals surface area contributed by atoms with Gasteiger partial charge in [0.2, 0.25) is 0 Å². The zero-order chi connectivity index (χ0) is 14.8. The molecule has 0 N–H and O–H groups in total. The van der Waals surface area contributed by atoms with Gasteiger partial charge in [-0.1, -0.05) is 36.4 Å². The molecule has 0 saturated heterocycles. The number of halogens is 1. The van der Waals surface area contributed by atoms with Crippen molar-refractivity contribution in [2.45, 2.75) is 19.9 Å². The van der Waals surface area contributed by atoms with Crippen LogP contribution in [0.1, 0.15) is 13.8 Å². The monoisotopic (exact) mass is 330 g/mol. The highest BCUT2D eigenvalue weighted by Crippen LogP contribution is 2.30. The molecule has 1 aliphatic rings. The number of nitrogens with zero attached hydrogens (tertiary/aromatic N) is 2. The normalized spacial score (nSPS) is 17.8. The summed E-state index contributed by atoms with van der Waals surface area (Å²) in [7, 11) is 0. The molecule has 0 spiro atoms. The van der Waals surface area contributed by atoms with Gasteiger partial charge in [0.1, 0.15) is 0 Å². The number of hydrogen-bond acceptors (Lipinski definition) is 1. The lowest BCUT2D eigenvalue weighted by Gasteiger charge is -2.41. The smallest absolute Gasteiger partial charge is 0.185 e. The Morgan fingerprint density at radius 1 is 0.864 bits per heavy atom. The molecule has 3 rings (SSSR count). The van der Waals surface area contributed by atoms with Gasteiger partial charge in [0.25, 0.3) is 0 Å². The number of anilines is 2. The van der Waals surface area contributed by atoms with Crippen LogP contribution in [0, 0.1) is 0 Å². The molecule has 114 valence electrons. The van der Waals surface area contributed by atoms with Gasteiger partial charge in [-0.15, -0.1) is 12.4 Å². The summed E-state index contributed by atoms with van der Waals surface area (Å²) < 4.78 is 0. The highest BCUT2D eigenvalue weighted by molar-refractivity contribution is 7.80. The molecule has 1 unspecified atom stereocenters. The van der Waals surface area contributed by atoms with Gasteiger partial charge in [-0.25, -0.2) is 0 Å². The molecule has 0 aromatic heterocycles. The largest absolute Gasteiger partial charge is 0.312 e. The maximum atomic E-state index is 5.78. The summed E-state index contributed by atoms with van der Waals surface area (Å²) in [5, 5.41) is 0.819. The molecular formula is C18H19ClN2S. The minimum absolute atomic E-state index is 0. The van der Waals surface area contributed by atoms with Gasteiger partial charge in [0, 0.05) is 17.1 Å². The van der Waals surface area contributed by atoms with E-state index in [-0.39, 0.29) is 18.4 Å². The molecule has 0 aliphatic carbocycles. The Morgan fingerprint density at radius 3 is 1.91 bits per heavy atom.